The van der Waals surface area contributed by atoms with Gasteiger partial charge in [0.25, 0.3) is 0 Å². The minimum absolute atomic E-state index is 0.00763. The van der Waals surface area contributed by atoms with Crippen molar-refractivity contribution in [2.75, 3.05) is 6.61 Å². The minimum atomic E-state index is -1.70. The van der Waals surface area contributed by atoms with Crippen molar-refractivity contribution >= 4 is 11.9 Å². The fourth-order valence-corrected chi connectivity index (χ4v) is 16.4. The molecule has 5 saturated carbocycles. The number of hydrogen-bond acceptors (Lipinski definition) is 7. The van der Waals surface area contributed by atoms with Gasteiger partial charge < -0.3 is 24.8 Å². The van der Waals surface area contributed by atoms with Crippen LogP contribution in [-0.2, 0) is 30.9 Å². The predicted molar refractivity (Wildman–Crippen MR) is 259 cm³/mol. The van der Waals surface area contributed by atoms with E-state index >= 15 is 4.79 Å². The van der Waals surface area contributed by atoms with E-state index in [-0.39, 0.29) is 30.4 Å². The normalized spacial score (nSPS) is 37.5. The molecule has 7 nitrogen and oxygen atoms in total. The zero-order valence-corrected chi connectivity index (χ0v) is 40.5. The Morgan fingerprint density at radius 3 is 2.21 bits per heavy atom. The average molecular weight is 901 g/mol. The molecular formula is C59H80O7. The molecule has 2 heterocycles. The fourth-order valence-electron chi connectivity index (χ4n) is 16.4. The number of rotatable bonds is 14. The maximum atomic E-state index is 15.7. The number of benzene rings is 2. The third-order valence-corrected chi connectivity index (χ3v) is 19.9. The Hall–Kier alpha value is -3.44. The van der Waals surface area contributed by atoms with Crippen molar-refractivity contribution < 1.29 is 34.4 Å². The van der Waals surface area contributed by atoms with Crippen LogP contribution in [-0.4, -0.2) is 57.8 Å². The number of carbonyl (C=O) groups excluding carboxylic acids is 2. The molecule has 0 amide bonds. The van der Waals surface area contributed by atoms with E-state index in [2.05, 4.69) is 86.4 Å². The maximum absolute atomic E-state index is 15.7. The first-order chi connectivity index (χ1) is 31.8. The van der Waals surface area contributed by atoms with E-state index in [1.165, 1.54) is 30.4 Å². The van der Waals surface area contributed by atoms with Gasteiger partial charge in [0.2, 0.25) is 0 Å². The molecule has 11 atom stereocenters. The molecule has 5 aliphatic carbocycles. The molecule has 2 bridgehead atoms. The fraction of sp³-hybridized carbons (Fsp3) is 0.695. The van der Waals surface area contributed by atoms with Gasteiger partial charge >= 0.3 is 11.9 Å². The maximum Gasteiger partial charge on any atom is 0.331 e. The van der Waals surface area contributed by atoms with Gasteiger partial charge in [0.05, 0.1) is 34.1 Å². The van der Waals surface area contributed by atoms with Gasteiger partial charge in [-0.1, -0.05) is 125 Å². The van der Waals surface area contributed by atoms with Gasteiger partial charge in [-0.25, -0.2) is 4.79 Å². The second-order valence-electron chi connectivity index (χ2n) is 23.4. The van der Waals surface area contributed by atoms with Gasteiger partial charge in [-0.3, -0.25) is 4.79 Å². The van der Waals surface area contributed by atoms with Gasteiger partial charge in [-0.2, -0.15) is 0 Å². The highest BCUT2D eigenvalue weighted by atomic mass is 16.5. The van der Waals surface area contributed by atoms with Crippen LogP contribution in [0.1, 0.15) is 180 Å². The van der Waals surface area contributed by atoms with Crippen molar-refractivity contribution in [2.24, 2.45) is 45.3 Å². The molecule has 2 aliphatic heterocycles. The Morgan fingerprint density at radius 2 is 1.50 bits per heavy atom. The number of hydrogen-bond donors (Lipinski definition) is 3. The van der Waals surface area contributed by atoms with E-state index in [1.54, 1.807) is 6.08 Å². The largest absolute Gasteiger partial charge is 0.462 e. The zero-order valence-electron chi connectivity index (χ0n) is 40.5. The molecule has 7 aliphatic rings. The standard InChI is InChI=1S/C59H80O7/c1-42(18-15-21-43-19-7-4-8-20-43)27-28-49(60)59-50(61)30-36-55(3,45-22-11-12-23-45)52(59)48-40-54(2,58(59,64)37-29-44-38-51(62)65-41-44)31-17-33-56(53(63)66-48)32-16-26-47(39-56)57(34-13-6-14-35-57)46-24-9-5-10-25-46/h4-5,7-10,19-20,24-25,38,42,45,47-50,52,60-61,64H,6,11-16,18,21-23,26-30,32-37,39-41H2,1-3H3/t42-,47+,48-,49+,50+,52+,54+,55+,56-,58-,59+/m1/s1. The molecule has 358 valence electrons. The van der Waals surface area contributed by atoms with Crippen molar-refractivity contribution in [1.82, 2.24) is 0 Å². The molecule has 66 heavy (non-hydrogen) atoms. The molecule has 2 aromatic carbocycles. The van der Waals surface area contributed by atoms with E-state index in [0.29, 0.717) is 49.9 Å². The summed E-state index contributed by atoms with van der Waals surface area (Å²) in [4.78, 5) is 28.1. The summed E-state index contributed by atoms with van der Waals surface area (Å²) in [5, 5.41) is 41.0. The van der Waals surface area contributed by atoms with Crippen molar-refractivity contribution in [1.29, 1.82) is 0 Å². The average Bonchev–Trinajstić information content (AvgIpc) is 4.04. The van der Waals surface area contributed by atoms with E-state index in [4.69, 9.17) is 9.47 Å². The number of fused-ring (bicyclic) bond motifs is 4. The van der Waals surface area contributed by atoms with Gasteiger partial charge in [0.1, 0.15) is 12.7 Å². The van der Waals surface area contributed by atoms with Crippen LogP contribution in [0, 0.1) is 57.2 Å². The van der Waals surface area contributed by atoms with E-state index in [0.717, 1.165) is 102 Å². The van der Waals surface area contributed by atoms with Crippen LogP contribution in [0.4, 0.5) is 0 Å². The summed E-state index contributed by atoms with van der Waals surface area (Å²) in [5.41, 5.74) is -1.98. The third-order valence-electron chi connectivity index (χ3n) is 19.9. The molecule has 0 radical (unpaired) electrons. The first-order valence-electron chi connectivity index (χ1n) is 26.5. The number of aliphatic hydroxyl groups is 3. The summed E-state index contributed by atoms with van der Waals surface area (Å²) in [6.07, 6.45) is 19.1. The van der Waals surface area contributed by atoms with Crippen molar-refractivity contribution in [3.8, 4) is 11.8 Å². The highest BCUT2D eigenvalue weighted by Crippen LogP contribution is 2.72. The smallest absolute Gasteiger partial charge is 0.331 e. The molecule has 7 heteroatoms. The Morgan fingerprint density at radius 1 is 0.788 bits per heavy atom. The Balaban J connectivity index is 1.12. The van der Waals surface area contributed by atoms with Crippen LogP contribution in [0.3, 0.4) is 0 Å². The summed E-state index contributed by atoms with van der Waals surface area (Å²) in [6, 6.07) is 21.7. The number of ether oxygens (including phenoxy) is 2. The summed E-state index contributed by atoms with van der Waals surface area (Å²) >= 11 is 0. The summed E-state index contributed by atoms with van der Waals surface area (Å²) < 4.78 is 12.7. The summed E-state index contributed by atoms with van der Waals surface area (Å²) in [7, 11) is 0. The number of aliphatic hydroxyl groups excluding tert-OH is 2. The van der Waals surface area contributed by atoms with Crippen molar-refractivity contribution in [2.45, 2.75) is 204 Å². The molecule has 2 aromatic rings. The predicted octanol–water partition coefficient (Wildman–Crippen LogP) is 11.5. The van der Waals surface area contributed by atoms with Gasteiger partial charge in [0.15, 0.2) is 0 Å². The topological polar surface area (TPSA) is 113 Å². The van der Waals surface area contributed by atoms with Crippen LogP contribution in [0.2, 0.25) is 0 Å². The Bertz CT molecular complexity index is 2110. The van der Waals surface area contributed by atoms with Gasteiger partial charge in [0, 0.05) is 24.8 Å². The Labute approximate surface area is 396 Å². The number of carbonyl (C=O) groups is 2. The Kier molecular flexibility index (Phi) is 13.8. The lowest BCUT2D eigenvalue weighted by Crippen LogP contribution is -2.79. The lowest BCUT2D eigenvalue weighted by Gasteiger charge is -2.71. The third kappa shape index (κ3) is 8.33. The van der Waals surface area contributed by atoms with Crippen LogP contribution in [0.25, 0.3) is 0 Å². The molecule has 1 spiro atoms. The van der Waals surface area contributed by atoms with E-state index < -0.39 is 51.5 Å². The number of aryl methyl sites for hydroxylation is 1. The van der Waals surface area contributed by atoms with Crippen molar-refractivity contribution in [3.05, 3.63) is 83.4 Å². The summed E-state index contributed by atoms with van der Waals surface area (Å²) in [6.45, 7) is 6.82. The monoisotopic (exact) mass is 901 g/mol. The molecule has 0 unspecified atom stereocenters. The SMILES string of the molecule is C[C@H](CCCc1ccccc1)CC[C@H](O)[C@]12[C@@H]([C@H]3C[C@](C)(C#CC[C@@]4(CCC[C@H](C5(c6ccccc6)CCCCC5)C4)C(=O)O3)[C@]1(O)CCC1=CC(=O)OC1)[C@](C)(C1CCCC1)CC[C@@H]2O. The molecular weight excluding hydrogens is 821 g/mol. The van der Waals surface area contributed by atoms with E-state index in [1.807, 2.05) is 6.92 Å². The highest BCUT2D eigenvalue weighted by Gasteiger charge is 2.78. The lowest BCUT2D eigenvalue weighted by atomic mass is 9.35. The van der Waals surface area contributed by atoms with Crippen LogP contribution < -0.4 is 0 Å². The van der Waals surface area contributed by atoms with Crippen LogP contribution in [0.15, 0.2) is 72.3 Å². The van der Waals surface area contributed by atoms with Gasteiger partial charge in [-0.05, 0) is 149 Å². The molecule has 5 fully saturated rings. The highest BCUT2D eigenvalue weighted by molar-refractivity contribution is 5.85. The molecule has 9 rings (SSSR count). The minimum Gasteiger partial charge on any atom is -0.462 e. The number of cyclic esters (lactones) is 1. The lowest BCUT2D eigenvalue weighted by molar-refractivity contribution is -0.338. The second-order valence-corrected chi connectivity index (χ2v) is 23.4. The number of esters is 2. The van der Waals surface area contributed by atoms with E-state index in [9.17, 15) is 20.1 Å². The van der Waals surface area contributed by atoms with Gasteiger partial charge in [-0.15, -0.1) is 5.92 Å². The second kappa shape index (κ2) is 19.2. The zero-order chi connectivity index (χ0) is 46.2. The van der Waals surface area contributed by atoms with Crippen LogP contribution in [0.5, 0.6) is 0 Å². The van der Waals surface area contributed by atoms with Crippen LogP contribution >= 0.6 is 0 Å². The molecule has 3 N–H and O–H groups in total. The molecule has 0 saturated heterocycles. The molecule has 0 aromatic heterocycles. The summed E-state index contributed by atoms with van der Waals surface area (Å²) in [5.74, 6) is 7.27. The van der Waals surface area contributed by atoms with Crippen molar-refractivity contribution in [3.63, 3.8) is 0 Å². The first kappa shape index (κ1) is 47.6. The first-order valence-corrected chi connectivity index (χ1v) is 26.5. The quantitative estimate of drug-likeness (QED) is 0.128.